The van der Waals surface area contributed by atoms with Gasteiger partial charge in [-0.3, -0.25) is 0 Å². The molecule has 1 aromatic carbocycles. The molecular weight excluding hydrogens is 153 g/mol. The molecule has 12 heavy (non-hydrogen) atoms. The van der Waals surface area contributed by atoms with E-state index < -0.39 is 6.04 Å². The number of rotatable bonds is 1. The summed E-state index contributed by atoms with van der Waals surface area (Å²) >= 11 is 0. The summed E-state index contributed by atoms with van der Waals surface area (Å²) in [6, 6.07) is 3.92. The molecule has 0 aliphatic rings. The van der Waals surface area contributed by atoms with E-state index >= 15 is 0 Å². The molecular formula is C10H10FN. The smallest absolute Gasteiger partial charge is 0.123 e. The lowest BCUT2D eigenvalue weighted by molar-refractivity contribution is 0.623. The highest BCUT2D eigenvalue weighted by atomic mass is 19.1. The molecule has 2 heteroatoms. The Morgan fingerprint density at radius 2 is 2.25 bits per heavy atom. The fraction of sp³-hybridized carbons (Fsp3) is 0.200. The van der Waals surface area contributed by atoms with Crippen molar-refractivity contribution in [3.05, 3.63) is 35.1 Å². The largest absolute Gasteiger partial charge is 0.314 e. The van der Waals surface area contributed by atoms with Crippen LogP contribution in [0, 0.1) is 25.1 Å². The van der Waals surface area contributed by atoms with Crippen molar-refractivity contribution in [2.45, 2.75) is 13.0 Å². The monoisotopic (exact) mass is 163 g/mol. The Labute approximate surface area is 71.4 Å². The van der Waals surface area contributed by atoms with E-state index in [4.69, 9.17) is 12.2 Å². The highest BCUT2D eigenvalue weighted by Gasteiger charge is 2.06. The first kappa shape index (κ1) is 8.76. The van der Waals surface area contributed by atoms with Crippen molar-refractivity contribution in [3.63, 3.8) is 0 Å². The second-order valence-electron chi connectivity index (χ2n) is 2.65. The number of hydrogen-bond acceptors (Lipinski definition) is 1. The fourth-order valence-electron chi connectivity index (χ4n) is 1.04. The average Bonchev–Trinajstić information content (AvgIpc) is 2.08. The van der Waals surface area contributed by atoms with Crippen LogP contribution in [0.4, 0.5) is 4.39 Å². The SMILES string of the molecule is C#CC(N)c1cc(F)ccc1C. The van der Waals surface area contributed by atoms with Crippen LogP contribution in [0.3, 0.4) is 0 Å². The summed E-state index contributed by atoms with van der Waals surface area (Å²) in [6.45, 7) is 1.85. The Kier molecular flexibility index (Phi) is 2.47. The van der Waals surface area contributed by atoms with Gasteiger partial charge in [-0.25, -0.2) is 4.39 Å². The third kappa shape index (κ3) is 1.63. The maximum absolute atomic E-state index is 12.7. The third-order valence-corrected chi connectivity index (χ3v) is 1.76. The number of nitrogens with two attached hydrogens (primary N) is 1. The molecule has 0 saturated carbocycles. The minimum atomic E-state index is -0.513. The van der Waals surface area contributed by atoms with E-state index in [-0.39, 0.29) is 5.82 Å². The standard InChI is InChI=1S/C10H10FN/c1-3-10(12)9-6-8(11)5-4-7(9)2/h1,4-6,10H,12H2,2H3. The predicted octanol–water partition coefficient (Wildman–Crippen LogP) is 1.77. The zero-order chi connectivity index (χ0) is 9.14. The Balaban J connectivity index is 3.15. The topological polar surface area (TPSA) is 26.0 Å². The van der Waals surface area contributed by atoms with Crippen LogP contribution >= 0.6 is 0 Å². The minimum absolute atomic E-state index is 0.304. The van der Waals surface area contributed by atoms with Crippen LogP contribution in [0.1, 0.15) is 17.2 Å². The van der Waals surface area contributed by atoms with E-state index in [1.165, 1.54) is 12.1 Å². The van der Waals surface area contributed by atoms with Crippen LogP contribution in [0.15, 0.2) is 18.2 Å². The molecule has 1 rings (SSSR count). The second kappa shape index (κ2) is 3.38. The summed E-state index contributed by atoms with van der Waals surface area (Å²) in [5.41, 5.74) is 7.16. The van der Waals surface area contributed by atoms with Crippen LogP contribution < -0.4 is 5.73 Å². The highest BCUT2D eigenvalue weighted by molar-refractivity contribution is 5.33. The quantitative estimate of drug-likeness (QED) is 0.627. The van der Waals surface area contributed by atoms with Crippen molar-refractivity contribution in [2.24, 2.45) is 5.73 Å². The molecule has 0 spiro atoms. The van der Waals surface area contributed by atoms with Crippen molar-refractivity contribution in [1.29, 1.82) is 0 Å². The fourth-order valence-corrected chi connectivity index (χ4v) is 1.04. The van der Waals surface area contributed by atoms with Crippen LogP contribution in [0.25, 0.3) is 0 Å². The van der Waals surface area contributed by atoms with Gasteiger partial charge in [-0.1, -0.05) is 12.0 Å². The number of benzene rings is 1. The van der Waals surface area contributed by atoms with Gasteiger partial charge in [0.15, 0.2) is 0 Å². The number of terminal acetylenes is 1. The lowest BCUT2D eigenvalue weighted by atomic mass is 10.0. The van der Waals surface area contributed by atoms with Crippen LogP contribution in [0.2, 0.25) is 0 Å². The Hall–Kier alpha value is -1.33. The molecule has 0 aliphatic carbocycles. The van der Waals surface area contributed by atoms with Gasteiger partial charge >= 0.3 is 0 Å². The van der Waals surface area contributed by atoms with Gasteiger partial charge in [0.2, 0.25) is 0 Å². The maximum atomic E-state index is 12.7. The van der Waals surface area contributed by atoms with E-state index in [2.05, 4.69) is 5.92 Å². The molecule has 0 saturated heterocycles. The Bertz CT molecular complexity index is 325. The number of aryl methyl sites for hydroxylation is 1. The number of hydrogen-bond donors (Lipinski definition) is 1. The van der Waals surface area contributed by atoms with E-state index in [0.29, 0.717) is 5.56 Å². The van der Waals surface area contributed by atoms with Crippen molar-refractivity contribution in [3.8, 4) is 12.3 Å². The summed E-state index contributed by atoms with van der Waals surface area (Å²) < 4.78 is 12.7. The van der Waals surface area contributed by atoms with E-state index in [9.17, 15) is 4.39 Å². The van der Waals surface area contributed by atoms with Gasteiger partial charge in [0.05, 0.1) is 6.04 Å². The Morgan fingerprint density at radius 1 is 1.58 bits per heavy atom. The van der Waals surface area contributed by atoms with Crippen LogP contribution in [-0.2, 0) is 0 Å². The van der Waals surface area contributed by atoms with Crippen molar-refractivity contribution in [2.75, 3.05) is 0 Å². The molecule has 62 valence electrons. The zero-order valence-electron chi connectivity index (χ0n) is 6.84. The molecule has 0 aromatic heterocycles. The van der Waals surface area contributed by atoms with Gasteiger partial charge in [0.25, 0.3) is 0 Å². The first-order chi connectivity index (χ1) is 5.65. The average molecular weight is 163 g/mol. The molecule has 0 fully saturated rings. The van der Waals surface area contributed by atoms with Gasteiger partial charge in [-0.2, -0.15) is 0 Å². The highest BCUT2D eigenvalue weighted by Crippen LogP contribution is 2.15. The Morgan fingerprint density at radius 3 is 2.83 bits per heavy atom. The molecule has 1 atom stereocenters. The van der Waals surface area contributed by atoms with Crippen molar-refractivity contribution in [1.82, 2.24) is 0 Å². The van der Waals surface area contributed by atoms with Crippen molar-refractivity contribution >= 4 is 0 Å². The maximum Gasteiger partial charge on any atom is 0.123 e. The molecule has 0 radical (unpaired) electrons. The third-order valence-electron chi connectivity index (χ3n) is 1.76. The van der Waals surface area contributed by atoms with E-state index in [0.717, 1.165) is 5.56 Å². The van der Waals surface area contributed by atoms with Gasteiger partial charge < -0.3 is 5.73 Å². The molecule has 2 N–H and O–H groups in total. The van der Waals surface area contributed by atoms with E-state index in [1.54, 1.807) is 6.07 Å². The predicted molar refractivity (Wildman–Crippen MR) is 46.9 cm³/mol. The molecule has 1 unspecified atom stereocenters. The molecule has 0 heterocycles. The summed E-state index contributed by atoms with van der Waals surface area (Å²) in [7, 11) is 0. The number of halogens is 1. The molecule has 1 nitrogen and oxygen atoms in total. The normalized spacial score (nSPS) is 12.2. The molecule has 0 bridgehead atoms. The zero-order valence-corrected chi connectivity index (χ0v) is 6.84. The minimum Gasteiger partial charge on any atom is -0.314 e. The summed E-state index contributed by atoms with van der Waals surface area (Å²) in [6.07, 6.45) is 5.13. The van der Waals surface area contributed by atoms with Gasteiger partial charge in [-0.05, 0) is 30.2 Å². The first-order valence-corrected chi connectivity index (χ1v) is 3.63. The molecule has 1 aromatic rings. The first-order valence-electron chi connectivity index (χ1n) is 3.63. The van der Waals surface area contributed by atoms with Gasteiger partial charge in [0, 0.05) is 0 Å². The lowest BCUT2D eigenvalue weighted by Crippen LogP contribution is -2.09. The van der Waals surface area contributed by atoms with Crippen molar-refractivity contribution < 1.29 is 4.39 Å². The molecule has 0 amide bonds. The van der Waals surface area contributed by atoms with Gasteiger partial charge in [-0.15, -0.1) is 6.42 Å². The van der Waals surface area contributed by atoms with Crippen LogP contribution in [-0.4, -0.2) is 0 Å². The lowest BCUT2D eigenvalue weighted by Gasteiger charge is -2.07. The summed E-state index contributed by atoms with van der Waals surface area (Å²) in [5.74, 6) is 2.06. The molecule has 0 aliphatic heterocycles. The van der Waals surface area contributed by atoms with E-state index in [1.807, 2.05) is 6.92 Å². The second-order valence-corrected chi connectivity index (χ2v) is 2.65. The summed E-state index contributed by atoms with van der Waals surface area (Å²) in [5, 5.41) is 0. The summed E-state index contributed by atoms with van der Waals surface area (Å²) in [4.78, 5) is 0. The van der Waals surface area contributed by atoms with Crippen LogP contribution in [0.5, 0.6) is 0 Å². The van der Waals surface area contributed by atoms with Gasteiger partial charge in [0.1, 0.15) is 5.82 Å².